The van der Waals surface area contributed by atoms with Gasteiger partial charge in [0.05, 0.1) is 13.1 Å². The fraction of sp³-hybridized carbons (Fsp3) is 0.150. The summed E-state index contributed by atoms with van der Waals surface area (Å²) in [6.45, 7) is -0.344. The van der Waals surface area contributed by atoms with Crippen molar-refractivity contribution in [2.45, 2.75) is 18.7 Å². The zero-order chi connectivity index (χ0) is 21.8. The Morgan fingerprint density at radius 1 is 1.00 bits per heavy atom. The van der Waals surface area contributed by atoms with Gasteiger partial charge in [-0.1, -0.05) is 12.1 Å². The number of nitrogens with zero attached hydrogens (tertiary/aromatic N) is 6. The number of para-hydroxylation sites is 1. The molecule has 0 fully saturated rings. The third-order valence-electron chi connectivity index (χ3n) is 4.60. The number of benzene rings is 2. The Balaban J connectivity index is 1.85. The minimum atomic E-state index is -1.74. The van der Waals surface area contributed by atoms with Gasteiger partial charge in [0.15, 0.2) is 5.60 Å². The van der Waals surface area contributed by atoms with Gasteiger partial charge >= 0.3 is 5.97 Å². The van der Waals surface area contributed by atoms with Crippen LogP contribution in [0.5, 0.6) is 5.75 Å². The summed E-state index contributed by atoms with van der Waals surface area (Å²) in [7, 11) is 0. The van der Waals surface area contributed by atoms with Crippen LogP contribution in [0, 0.1) is 11.6 Å². The summed E-state index contributed by atoms with van der Waals surface area (Å²) < 4.78 is 37.1. The second-order valence-corrected chi connectivity index (χ2v) is 6.71. The van der Waals surface area contributed by atoms with Crippen molar-refractivity contribution in [1.82, 2.24) is 29.5 Å². The molecule has 0 spiro atoms. The Labute approximate surface area is 174 Å². The molecule has 158 valence electrons. The number of esters is 1. The third kappa shape index (κ3) is 4.25. The van der Waals surface area contributed by atoms with E-state index in [0.717, 1.165) is 6.07 Å². The molecule has 0 radical (unpaired) electrons. The van der Waals surface area contributed by atoms with Crippen LogP contribution in [0.3, 0.4) is 0 Å². The normalized spacial score (nSPS) is 11.4. The Kier molecular flexibility index (Phi) is 5.39. The van der Waals surface area contributed by atoms with E-state index < -0.39 is 23.2 Å². The molecule has 31 heavy (non-hydrogen) atoms. The molecular weight excluding hydrogens is 410 g/mol. The summed E-state index contributed by atoms with van der Waals surface area (Å²) in [6, 6.07) is 8.73. The molecule has 1 N–H and O–H groups in total. The molecule has 0 atom stereocenters. The fourth-order valence-electron chi connectivity index (χ4n) is 3.23. The summed E-state index contributed by atoms with van der Waals surface area (Å²) >= 11 is 0. The smallest absolute Gasteiger partial charge is 0.342 e. The van der Waals surface area contributed by atoms with Crippen molar-refractivity contribution in [2.75, 3.05) is 0 Å². The monoisotopic (exact) mass is 426 g/mol. The maximum Gasteiger partial charge on any atom is 0.342 e. The lowest BCUT2D eigenvalue weighted by Gasteiger charge is -2.34. The number of carbonyl (C=O) groups is 1. The van der Waals surface area contributed by atoms with E-state index in [-0.39, 0.29) is 30.0 Å². The van der Waals surface area contributed by atoms with Crippen LogP contribution in [0.1, 0.15) is 15.9 Å². The number of phenolic OH excluding ortho intramolecular Hbond substituents is 1. The minimum Gasteiger partial charge on any atom is -0.507 e. The first-order valence-corrected chi connectivity index (χ1v) is 9.08. The molecule has 0 saturated carbocycles. The van der Waals surface area contributed by atoms with Gasteiger partial charge in [-0.05, 0) is 24.3 Å². The predicted molar refractivity (Wildman–Crippen MR) is 102 cm³/mol. The number of rotatable bonds is 7. The van der Waals surface area contributed by atoms with E-state index in [4.69, 9.17) is 4.74 Å². The molecule has 0 aliphatic heterocycles. The molecule has 4 aromatic rings. The number of halogens is 2. The number of carbonyl (C=O) groups excluding carboxylic acids is 1. The molecule has 4 rings (SSSR count). The lowest BCUT2D eigenvalue weighted by molar-refractivity contribution is -0.0466. The highest BCUT2D eigenvalue weighted by Crippen LogP contribution is 2.34. The Hall–Kier alpha value is -4.15. The Bertz CT molecular complexity index is 1150. The molecule has 0 aliphatic carbocycles. The second-order valence-electron chi connectivity index (χ2n) is 6.71. The van der Waals surface area contributed by atoms with Crippen LogP contribution in [0.25, 0.3) is 0 Å². The van der Waals surface area contributed by atoms with Crippen LogP contribution >= 0.6 is 0 Å². The number of ether oxygens (including phenoxy) is 1. The largest absolute Gasteiger partial charge is 0.507 e. The average Bonchev–Trinajstić information content (AvgIpc) is 3.42. The van der Waals surface area contributed by atoms with Gasteiger partial charge < -0.3 is 9.84 Å². The van der Waals surface area contributed by atoms with Gasteiger partial charge in [0.1, 0.15) is 48.3 Å². The van der Waals surface area contributed by atoms with Gasteiger partial charge in [-0.25, -0.2) is 32.9 Å². The molecule has 0 amide bonds. The first-order valence-electron chi connectivity index (χ1n) is 9.08. The van der Waals surface area contributed by atoms with Gasteiger partial charge in [0.2, 0.25) is 0 Å². The standard InChI is InChI=1S/C20H16F2N6O3/c21-14-5-6-16(17(22)7-14)20(8-27-12-23-10-25-27,9-28-13-24-11-26-28)31-19(30)15-3-1-2-4-18(15)29/h1-7,10-13,29H,8-9H2. The quantitative estimate of drug-likeness (QED) is 0.452. The van der Waals surface area contributed by atoms with Crippen molar-refractivity contribution < 1.29 is 23.4 Å². The minimum absolute atomic E-state index is 0.108. The molecule has 9 nitrogen and oxygen atoms in total. The second kappa shape index (κ2) is 8.30. The van der Waals surface area contributed by atoms with E-state index in [9.17, 15) is 18.7 Å². The molecule has 11 heteroatoms. The zero-order valence-electron chi connectivity index (χ0n) is 16.0. The first-order chi connectivity index (χ1) is 15.0. The predicted octanol–water partition coefficient (Wildman–Crippen LogP) is 2.31. The molecule has 0 unspecified atom stereocenters. The average molecular weight is 426 g/mol. The van der Waals surface area contributed by atoms with Gasteiger partial charge in [-0.2, -0.15) is 10.2 Å². The molecule has 0 saturated heterocycles. The maximum absolute atomic E-state index is 15.0. The molecular formula is C20H16F2N6O3. The highest BCUT2D eigenvalue weighted by Gasteiger charge is 2.41. The van der Waals surface area contributed by atoms with Gasteiger partial charge in [-0.15, -0.1) is 0 Å². The summed E-state index contributed by atoms with van der Waals surface area (Å²) in [4.78, 5) is 20.8. The van der Waals surface area contributed by atoms with Crippen molar-refractivity contribution in [1.29, 1.82) is 0 Å². The van der Waals surface area contributed by atoms with E-state index in [1.807, 2.05) is 0 Å². The van der Waals surface area contributed by atoms with Crippen LogP contribution in [-0.4, -0.2) is 40.6 Å². The van der Waals surface area contributed by atoms with Gasteiger partial charge in [-0.3, -0.25) is 0 Å². The fourth-order valence-corrected chi connectivity index (χ4v) is 3.23. The van der Waals surface area contributed by atoms with Crippen molar-refractivity contribution in [3.63, 3.8) is 0 Å². The zero-order valence-corrected chi connectivity index (χ0v) is 16.0. The number of phenols is 1. The van der Waals surface area contributed by atoms with E-state index in [1.165, 1.54) is 52.9 Å². The van der Waals surface area contributed by atoms with Crippen LogP contribution in [0.2, 0.25) is 0 Å². The topological polar surface area (TPSA) is 108 Å². The lowest BCUT2D eigenvalue weighted by atomic mass is 9.92. The Morgan fingerprint density at radius 3 is 2.19 bits per heavy atom. The van der Waals surface area contributed by atoms with E-state index in [1.54, 1.807) is 12.1 Å². The summed E-state index contributed by atoms with van der Waals surface area (Å²) in [5.74, 6) is -2.93. The van der Waals surface area contributed by atoms with E-state index >= 15 is 0 Å². The number of hydrogen-bond donors (Lipinski definition) is 1. The summed E-state index contributed by atoms with van der Waals surface area (Å²) in [5.41, 5.74) is -1.96. The van der Waals surface area contributed by atoms with Crippen molar-refractivity contribution in [2.24, 2.45) is 0 Å². The van der Waals surface area contributed by atoms with Gasteiger partial charge in [0.25, 0.3) is 0 Å². The van der Waals surface area contributed by atoms with Crippen molar-refractivity contribution in [3.8, 4) is 5.75 Å². The van der Waals surface area contributed by atoms with Crippen molar-refractivity contribution in [3.05, 3.63) is 90.5 Å². The van der Waals surface area contributed by atoms with Crippen molar-refractivity contribution >= 4 is 5.97 Å². The number of aromatic hydroxyl groups is 1. The van der Waals surface area contributed by atoms with Crippen LogP contribution in [0.4, 0.5) is 8.78 Å². The molecule has 2 aromatic carbocycles. The van der Waals surface area contributed by atoms with Crippen LogP contribution in [0.15, 0.2) is 67.8 Å². The molecule has 2 aromatic heterocycles. The number of aromatic nitrogens is 6. The highest BCUT2D eigenvalue weighted by atomic mass is 19.1. The van der Waals surface area contributed by atoms with Crippen LogP contribution < -0.4 is 0 Å². The van der Waals surface area contributed by atoms with E-state index in [0.29, 0.717) is 6.07 Å². The Morgan fingerprint density at radius 2 is 1.65 bits per heavy atom. The lowest BCUT2D eigenvalue weighted by Crippen LogP contribution is -2.42. The summed E-state index contributed by atoms with van der Waals surface area (Å²) in [5, 5.41) is 18.1. The summed E-state index contributed by atoms with van der Waals surface area (Å²) in [6.07, 6.45) is 5.27. The SMILES string of the molecule is O=C(OC(Cn1cncn1)(Cn1cncn1)c1ccc(F)cc1F)c1ccccc1O. The highest BCUT2D eigenvalue weighted by molar-refractivity contribution is 5.92. The van der Waals surface area contributed by atoms with Gasteiger partial charge in [0, 0.05) is 11.6 Å². The van der Waals surface area contributed by atoms with E-state index in [2.05, 4.69) is 20.2 Å². The third-order valence-corrected chi connectivity index (χ3v) is 4.60. The molecule has 0 bridgehead atoms. The molecule has 2 heterocycles. The van der Waals surface area contributed by atoms with Crippen LogP contribution in [-0.2, 0) is 23.4 Å². The number of hydrogen-bond acceptors (Lipinski definition) is 7. The first kappa shape index (κ1) is 20.1. The molecule has 0 aliphatic rings. The maximum atomic E-state index is 15.0.